The zero-order chi connectivity index (χ0) is 14.0. The molecule has 0 saturated carbocycles. The van der Waals surface area contributed by atoms with E-state index >= 15 is 0 Å². The van der Waals surface area contributed by atoms with Crippen LogP contribution in [0.1, 0.15) is 22.8 Å². The summed E-state index contributed by atoms with van der Waals surface area (Å²) in [6, 6.07) is 4.29. The fraction of sp³-hybridized carbons (Fsp3) is 0.231. The molecule has 1 nitrogen and oxygen atoms in total. The molecule has 1 unspecified atom stereocenters. The highest BCUT2D eigenvalue weighted by Crippen LogP contribution is 2.32. The minimum absolute atomic E-state index is 0.136. The molecule has 0 aliphatic heterocycles. The zero-order valence-electron chi connectivity index (χ0n) is 9.62. The Morgan fingerprint density at radius 2 is 1.95 bits per heavy atom. The highest BCUT2D eigenvalue weighted by Gasteiger charge is 2.34. The number of benzene rings is 1. The first-order valence-electron chi connectivity index (χ1n) is 5.43. The number of hydrogen-bond donors (Lipinski definition) is 1. The molecular formula is C13H10F4OS. The van der Waals surface area contributed by atoms with Crippen LogP contribution in [0.2, 0.25) is 0 Å². The average Bonchev–Trinajstić information content (AvgIpc) is 2.79. The number of rotatable bonds is 3. The van der Waals surface area contributed by atoms with Gasteiger partial charge in [-0.05, 0) is 40.1 Å². The zero-order valence-corrected chi connectivity index (χ0v) is 10.4. The van der Waals surface area contributed by atoms with E-state index in [9.17, 15) is 22.7 Å². The van der Waals surface area contributed by atoms with Crippen LogP contribution in [0.3, 0.4) is 0 Å². The van der Waals surface area contributed by atoms with Crippen molar-refractivity contribution in [2.75, 3.05) is 0 Å². The average molecular weight is 290 g/mol. The van der Waals surface area contributed by atoms with Crippen LogP contribution in [0.15, 0.2) is 35.0 Å². The maximum Gasteiger partial charge on any atom is 0.419 e. The lowest BCUT2D eigenvalue weighted by atomic mass is 10.0. The van der Waals surface area contributed by atoms with Crippen LogP contribution >= 0.6 is 11.3 Å². The number of thiophene rings is 1. The molecule has 1 heterocycles. The van der Waals surface area contributed by atoms with Crippen LogP contribution in [-0.4, -0.2) is 5.11 Å². The van der Waals surface area contributed by atoms with E-state index in [4.69, 9.17) is 0 Å². The monoisotopic (exact) mass is 290 g/mol. The lowest BCUT2D eigenvalue weighted by Crippen LogP contribution is -2.10. The van der Waals surface area contributed by atoms with E-state index in [1.165, 1.54) is 11.3 Å². The van der Waals surface area contributed by atoms with Crippen molar-refractivity contribution in [1.29, 1.82) is 0 Å². The van der Waals surface area contributed by atoms with Crippen LogP contribution in [0, 0.1) is 5.82 Å². The number of aliphatic hydroxyl groups excluding tert-OH is 1. The molecule has 2 rings (SSSR count). The Morgan fingerprint density at radius 1 is 1.21 bits per heavy atom. The number of alkyl halides is 3. The smallest absolute Gasteiger partial charge is 0.388 e. The summed E-state index contributed by atoms with van der Waals surface area (Å²) in [5.41, 5.74) is -0.325. The molecule has 2 aromatic rings. The molecular weight excluding hydrogens is 280 g/mol. The second-order valence-electron chi connectivity index (χ2n) is 4.09. The first-order chi connectivity index (χ1) is 8.88. The second kappa shape index (κ2) is 5.30. The van der Waals surface area contributed by atoms with Crippen LogP contribution in [-0.2, 0) is 12.6 Å². The van der Waals surface area contributed by atoms with Crippen LogP contribution in [0.4, 0.5) is 17.6 Å². The lowest BCUT2D eigenvalue weighted by molar-refractivity contribution is -0.140. The highest BCUT2D eigenvalue weighted by molar-refractivity contribution is 7.07. The third-order valence-corrected chi connectivity index (χ3v) is 3.42. The minimum atomic E-state index is -4.72. The highest BCUT2D eigenvalue weighted by atomic mass is 32.1. The van der Waals surface area contributed by atoms with Gasteiger partial charge < -0.3 is 5.11 Å². The van der Waals surface area contributed by atoms with E-state index in [1.54, 1.807) is 6.07 Å². The Balaban J connectivity index is 2.20. The van der Waals surface area contributed by atoms with Crippen molar-refractivity contribution in [2.24, 2.45) is 0 Å². The first kappa shape index (κ1) is 14.0. The summed E-state index contributed by atoms with van der Waals surface area (Å²) in [6.45, 7) is 0. The number of halogens is 4. The third-order valence-electron chi connectivity index (χ3n) is 2.69. The van der Waals surface area contributed by atoms with Crippen LogP contribution < -0.4 is 0 Å². The Labute approximate surface area is 111 Å². The van der Waals surface area contributed by atoms with Gasteiger partial charge in [-0.25, -0.2) is 4.39 Å². The second-order valence-corrected chi connectivity index (χ2v) is 4.87. The molecule has 0 aliphatic carbocycles. The molecule has 0 fully saturated rings. The molecule has 0 radical (unpaired) electrons. The molecule has 1 N–H and O–H groups in total. The molecule has 19 heavy (non-hydrogen) atoms. The van der Waals surface area contributed by atoms with E-state index in [0.29, 0.717) is 6.07 Å². The molecule has 1 aromatic heterocycles. The first-order valence-corrected chi connectivity index (χ1v) is 6.38. The topological polar surface area (TPSA) is 20.2 Å². The van der Waals surface area contributed by atoms with Crippen molar-refractivity contribution in [1.82, 2.24) is 0 Å². The Kier molecular flexibility index (Phi) is 3.91. The summed E-state index contributed by atoms with van der Waals surface area (Å²) in [6.07, 6.45) is -5.50. The lowest BCUT2D eigenvalue weighted by Gasteiger charge is -2.13. The molecule has 0 bridgehead atoms. The Hall–Kier alpha value is -1.40. The fourth-order valence-corrected chi connectivity index (χ4v) is 2.40. The maximum atomic E-state index is 13.4. The van der Waals surface area contributed by atoms with Crippen molar-refractivity contribution in [3.05, 3.63) is 57.5 Å². The van der Waals surface area contributed by atoms with Gasteiger partial charge in [0.1, 0.15) is 5.82 Å². The van der Waals surface area contributed by atoms with Crippen molar-refractivity contribution in [3.8, 4) is 0 Å². The van der Waals surface area contributed by atoms with Crippen molar-refractivity contribution < 1.29 is 22.7 Å². The van der Waals surface area contributed by atoms with Gasteiger partial charge in [0, 0.05) is 6.42 Å². The SMILES string of the molecule is OC(Cc1ccsc1)c1ccc(C(F)(F)F)c(F)c1. The molecule has 0 amide bonds. The minimum Gasteiger partial charge on any atom is -0.388 e. The van der Waals surface area contributed by atoms with Crippen molar-refractivity contribution in [3.63, 3.8) is 0 Å². The van der Waals surface area contributed by atoms with E-state index in [2.05, 4.69) is 0 Å². The molecule has 1 aromatic carbocycles. The standard InChI is InChI=1S/C13H10F4OS/c14-11-6-9(1-2-10(11)13(15,16)17)12(18)5-8-3-4-19-7-8/h1-4,6-7,12,18H,5H2. The van der Waals surface area contributed by atoms with Gasteiger partial charge >= 0.3 is 6.18 Å². The molecule has 6 heteroatoms. The van der Waals surface area contributed by atoms with Gasteiger partial charge in [-0.2, -0.15) is 24.5 Å². The molecule has 0 spiro atoms. The summed E-state index contributed by atoms with van der Waals surface area (Å²) in [7, 11) is 0. The largest absolute Gasteiger partial charge is 0.419 e. The van der Waals surface area contributed by atoms with E-state index in [1.807, 2.05) is 10.8 Å². The fourth-order valence-electron chi connectivity index (χ4n) is 1.72. The summed E-state index contributed by atoms with van der Waals surface area (Å²) in [5.74, 6) is -1.37. The quantitative estimate of drug-likeness (QED) is 0.841. The summed E-state index contributed by atoms with van der Waals surface area (Å²) < 4.78 is 50.5. The van der Waals surface area contributed by atoms with Gasteiger partial charge in [-0.15, -0.1) is 0 Å². The number of hydrogen-bond acceptors (Lipinski definition) is 2. The molecule has 0 saturated heterocycles. The maximum absolute atomic E-state index is 13.4. The molecule has 1 atom stereocenters. The summed E-state index contributed by atoms with van der Waals surface area (Å²) >= 11 is 1.45. The molecule has 0 aliphatic rings. The predicted molar refractivity (Wildman–Crippen MR) is 64.4 cm³/mol. The van der Waals surface area contributed by atoms with Crippen molar-refractivity contribution >= 4 is 11.3 Å². The summed E-state index contributed by atoms with van der Waals surface area (Å²) in [4.78, 5) is 0. The van der Waals surface area contributed by atoms with E-state index in [0.717, 1.165) is 17.7 Å². The van der Waals surface area contributed by atoms with Crippen LogP contribution in [0.5, 0.6) is 0 Å². The van der Waals surface area contributed by atoms with Gasteiger partial charge in [-0.3, -0.25) is 0 Å². The van der Waals surface area contributed by atoms with Gasteiger partial charge in [0.15, 0.2) is 0 Å². The van der Waals surface area contributed by atoms with Crippen molar-refractivity contribution in [2.45, 2.75) is 18.7 Å². The summed E-state index contributed by atoms with van der Waals surface area (Å²) in [5, 5.41) is 13.5. The third kappa shape index (κ3) is 3.33. The normalized spacial score (nSPS) is 13.5. The van der Waals surface area contributed by atoms with Gasteiger partial charge in [0.25, 0.3) is 0 Å². The predicted octanol–water partition coefficient (Wildman–Crippen LogP) is 4.18. The molecule has 102 valence electrons. The van der Waals surface area contributed by atoms with E-state index < -0.39 is 23.7 Å². The van der Waals surface area contributed by atoms with Gasteiger partial charge in [-0.1, -0.05) is 6.07 Å². The van der Waals surface area contributed by atoms with E-state index in [-0.39, 0.29) is 12.0 Å². The number of aliphatic hydroxyl groups is 1. The Bertz CT molecular complexity index is 548. The van der Waals surface area contributed by atoms with Gasteiger partial charge in [0.05, 0.1) is 11.7 Å². The van der Waals surface area contributed by atoms with Crippen LogP contribution in [0.25, 0.3) is 0 Å². The van der Waals surface area contributed by atoms with Gasteiger partial charge in [0.2, 0.25) is 0 Å². The Morgan fingerprint density at radius 3 is 2.47 bits per heavy atom.